The molecule has 1 fully saturated rings. The maximum atomic E-state index is 12.4. The van der Waals surface area contributed by atoms with E-state index in [1.54, 1.807) is 18.9 Å². The summed E-state index contributed by atoms with van der Waals surface area (Å²) in [5.41, 5.74) is 0.934. The van der Waals surface area contributed by atoms with Crippen LogP contribution in [0.1, 0.15) is 13.3 Å². The maximum absolute atomic E-state index is 12.4. The van der Waals surface area contributed by atoms with E-state index in [1.807, 2.05) is 47.4 Å². The van der Waals surface area contributed by atoms with Crippen molar-refractivity contribution in [1.29, 1.82) is 0 Å². The van der Waals surface area contributed by atoms with Crippen LogP contribution in [-0.4, -0.2) is 18.4 Å². The van der Waals surface area contributed by atoms with Gasteiger partial charge in [0.15, 0.2) is 0 Å². The molecule has 1 unspecified atom stereocenters. The summed E-state index contributed by atoms with van der Waals surface area (Å²) in [6, 6.07) is 17.9. The lowest BCUT2D eigenvalue weighted by Gasteiger charge is -2.26. The van der Waals surface area contributed by atoms with Crippen LogP contribution in [0.3, 0.4) is 0 Å². The molecule has 2 atom stereocenters. The van der Waals surface area contributed by atoms with Crippen molar-refractivity contribution in [3.63, 3.8) is 0 Å². The van der Waals surface area contributed by atoms with Crippen LogP contribution in [0, 0.1) is 5.92 Å². The van der Waals surface area contributed by atoms with Gasteiger partial charge in [0, 0.05) is 17.0 Å². The first-order valence-corrected chi connectivity index (χ1v) is 8.25. The van der Waals surface area contributed by atoms with E-state index in [4.69, 9.17) is 4.74 Å². The Kier molecular flexibility index (Phi) is 4.39. The van der Waals surface area contributed by atoms with Crippen LogP contribution in [0.4, 0.5) is 5.69 Å². The third kappa shape index (κ3) is 2.97. The van der Waals surface area contributed by atoms with E-state index in [9.17, 15) is 4.79 Å². The highest BCUT2D eigenvalue weighted by Gasteiger charge is 2.38. The fourth-order valence-corrected chi connectivity index (χ4v) is 3.98. The largest absolute Gasteiger partial charge is 0.497 e. The van der Waals surface area contributed by atoms with Crippen molar-refractivity contribution in [2.24, 2.45) is 5.92 Å². The van der Waals surface area contributed by atoms with Crippen molar-refractivity contribution < 1.29 is 9.53 Å². The molecular weight excluding hydrogens is 294 g/mol. The quantitative estimate of drug-likeness (QED) is 0.848. The second-order valence-electron chi connectivity index (χ2n) is 5.46. The molecule has 4 heteroatoms. The number of benzene rings is 2. The zero-order valence-electron chi connectivity index (χ0n) is 12.7. The Bertz CT molecular complexity index is 642. The molecule has 1 heterocycles. The smallest absolute Gasteiger partial charge is 0.228 e. The summed E-state index contributed by atoms with van der Waals surface area (Å²) in [5.74, 6) is 1.31. The molecule has 2 aromatic carbocycles. The van der Waals surface area contributed by atoms with Gasteiger partial charge in [-0.2, -0.15) is 0 Å². The minimum Gasteiger partial charge on any atom is -0.497 e. The Morgan fingerprint density at radius 2 is 1.77 bits per heavy atom. The number of ether oxygens (including phenoxy) is 1. The molecule has 2 aromatic rings. The van der Waals surface area contributed by atoms with Crippen LogP contribution in [0.15, 0.2) is 59.5 Å². The predicted molar refractivity (Wildman–Crippen MR) is 90.3 cm³/mol. The fourth-order valence-electron chi connectivity index (χ4n) is 2.71. The highest BCUT2D eigenvalue weighted by atomic mass is 32.2. The number of nitrogens with zero attached hydrogens (tertiary/aromatic N) is 1. The van der Waals surface area contributed by atoms with E-state index in [1.165, 1.54) is 4.90 Å². The molecule has 0 aliphatic carbocycles. The summed E-state index contributed by atoms with van der Waals surface area (Å²) < 4.78 is 5.19. The summed E-state index contributed by atoms with van der Waals surface area (Å²) in [6.07, 6.45) is 0.594. The van der Waals surface area contributed by atoms with E-state index in [0.29, 0.717) is 12.3 Å². The molecule has 114 valence electrons. The number of amides is 1. The third-order valence-corrected chi connectivity index (χ3v) is 5.32. The third-order valence-electron chi connectivity index (χ3n) is 3.86. The van der Waals surface area contributed by atoms with Gasteiger partial charge in [0.05, 0.1) is 12.5 Å². The summed E-state index contributed by atoms with van der Waals surface area (Å²) in [7, 11) is 1.64. The Balaban J connectivity index is 1.87. The highest BCUT2D eigenvalue weighted by molar-refractivity contribution is 8.00. The molecule has 0 N–H and O–H groups in total. The Hall–Kier alpha value is -1.94. The van der Waals surface area contributed by atoms with E-state index < -0.39 is 0 Å². The summed E-state index contributed by atoms with van der Waals surface area (Å²) in [5, 5.41) is 0.128. The summed E-state index contributed by atoms with van der Waals surface area (Å²) in [4.78, 5) is 15.5. The molecular formula is C18H19NO2S. The van der Waals surface area contributed by atoms with Gasteiger partial charge < -0.3 is 4.74 Å². The number of rotatable bonds is 4. The molecule has 0 bridgehead atoms. The molecule has 0 saturated carbocycles. The van der Waals surface area contributed by atoms with Gasteiger partial charge in [0.1, 0.15) is 5.75 Å². The van der Waals surface area contributed by atoms with Gasteiger partial charge in [-0.05, 0) is 42.3 Å². The van der Waals surface area contributed by atoms with Gasteiger partial charge in [-0.25, -0.2) is 0 Å². The molecule has 1 aliphatic heterocycles. The van der Waals surface area contributed by atoms with Crippen molar-refractivity contribution in [3.05, 3.63) is 54.6 Å². The molecule has 22 heavy (non-hydrogen) atoms. The molecule has 1 amide bonds. The standard InChI is InChI=1S/C18H19NO2S/c1-13-12-17(20)19(14-8-10-15(21-2)11-9-14)18(13)22-16-6-4-3-5-7-16/h3-11,13,18H,12H2,1-2H3/t13-,18?/m0/s1. The van der Waals surface area contributed by atoms with Gasteiger partial charge in [-0.15, -0.1) is 11.8 Å². The Labute approximate surface area is 135 Å². The number of hydrogen-bond donors (Lipinski definition) is 0. The van der Waals surface area contributed by atoms with E-state index in [-0.39, 0.29) is 11.3 Å². The minimum atomic E-state index is 0.128. The zero-order valence-corrected chi connectivity index (χ0v) is 13.5. The van der Waals surface area contributed by atoms with E-state index in [0.717, 1.165) is 11.4 Å². The van der Waals surface area contributed by atoms with Gasteiger partial charge in [0.25, 0.3) is 0 Å². The van der Waals surface area contributed by atoms with Gasteiger partial charge in [-0.1, -0.05) is 25.1 Å². The first kappa shape index (κ1) is 15.0. The fraction of sp³-hybridized carbons (Fsp3) is 0.278. The van der Waals surface area contributed by atoms with Gasteiger partial charge in [-0.3, -0.25) is 9.69 Å². The number of thioether (sulfide) groups is 1. The zero-order chi connectivity index (χ0) is 15.5. The molecule has 1 aliphatic rings. The predicted octanol–water partition coefficient (Wildman–Crippen LogP) is 4.19. The van der Waals surface area contributed by atoms with Crippen LogP contribution in [0.2, 0.25) is 0 Å². The van der Waals surface area contributed by atoms with Crippen LogP contribution in [0.5, 0.6) is 5.75 Å². The number of carbonyl (C=O) groups excluding carboxylic acids is 1. The van der Waals surface area contributed by atoms with Gasteiger partial charge >= 0.3 is 0 Å². The number of methoxy groups -OCH3 is 1. The summed E-state index contributed by atoms with van der Waals surface area (Å²) >= 11 is 1.75. The number of hydrogen-bond acceptors (Lipinski definition) is 3. The molecule has 3 rings (SSSR count). The lowest BCUT2D eigenvalue weighted by atomic mass is 10.1. The Morgan fingerprint density at radius 3 is 2.41 bits per heavy atom. The second kappa shape index (κ2) is 6.44. The molecule has 0 spiro atoms. The normalized spacial score (nSPS) is 21.2. The maximum Gasteiger partial charge on any atom is 0.228 e. The van der Waals surface area contributed by atoms with Crippen molar-refractivity contribution in [2.75, 3.05) is 12.0 Å². The van der Waals surface area contributed by atoms with Crippen molar-refractivity contribution in [1.82, 2.24) is 0 Å². The summed E-state index contributed by atoms with van der Waals surface area (Å²) in [6.45, 7) is 2.14. The average molecular weight is 313 g/mol. The molecule has 3 nitrogen and oxygen atoms in total. The topological polar surface area (TPSA) is 29.5 Å². The highest BCUT2D eigenvalue weighted by Crippen LogP contribution is 2.40. The SMILES string of the molecule is COc1ccc(N2C(=O)C[C@H](C)C2Sc2ccccc2)cc1. The minimum absolute atomic E-state index is 0.128. The monoisotopic (exact) mass is 313 g/mol. The Morgan fingerprint density at radius 1 is 1.09 bits per heavy atom. The van der Waals surface area contributed by atoms with E-state index >= 15 is 0 Å². The number of carbonyl (C=O) groups is 1. The van der Waals surface area contributed by atoms with Crippen molar-refractivity contribution in [2.45, 2.75) is 23.6 Å². The molecule has 0 aromatic heterocycles. The van der Waals surface area contributed by atoms with Crippen LogP contribution in [-0.2, 0) is 4.79 Å². The lowest BCUT2D eigenvalue weighted by Crippen LogP contribution is -2.32. The average Bonchev–Trinajstić information content (AvgIpc) is 2.82. The van der Waals surface area contributed by atoms with Crippen LogP contribution in [0.25, 0.3) is 0 Å². The first-order valence-electron chi connectivity index (χ1n) is 7.37. The first-order chi connectivity index (χ1) is 10.7. The van der Waals surface area contributed by atoms with E-state index in [2.05, 4.69) is 19.1 Å². The van der Waals surface area contributed by atoms with Crippen molar-refractivity contribution in [3.8, 4) is 5.75 Å². The number of anilines is 1. The van der Waals surface area contributed by atoms with Crippen molar-refractivity contribution >= 4 is 23.4 Å². The molecule has 1 saturated heterocycles. The van der Waals surface area contributed by atoms with Crippen LogP contribution >= 0.6 is 11.8 Å². The van der Waals surface area contributed by atoms with Gasteiger partial charge in [0.2, 0.25) is 5.91 Å². The lowest BCUT2D eigenvalue weighted by molar-refractivity contribution is -0.117. The second-order valence-corrected chi connectivity index (χ2v) is 6.65. The molecule has 0 radical (unpaired) electrons. The van der Waals surface area contributed by atoms with Crippen LogP contribution < -0.4 is 9.64 Å².